The molecule has 2 aromatic rings. The zero-order chi connectivity index (χ0) is 14.8. The van der Waals surface area contributed by atoms with E-state index in [-0.39, 0.29) is 5.03 Å². The first-order chi connectivity index (χ1) is 9.43. The average molecular weight is 294 g/mol. The van der Waals surface area contributed by atoms with Gasteiger partial charge in [-0.15, -0.1) is 0 Å². The third-order valence-electron chi connectivity index (χ3n) is 2.98. The molecule has 0 aliphatic rings. The largest absolute Gasteiger partial charge is 0.399 e. The Labute approximate surface area is 118 Å². The second-order valence-electron chi connectivity index (χ2n) is 4.55. The minimum absolute atomic E-state index is 0.0669. The molecule has 0 amide bonds. The molecule has 0 unspecified atom stereocenters. The van der Waals surface area contributed by atoms with Crippen molar-refractivity contribution in [1.82, 2.24) is 13.9 Å². The van der Waals surface area contributed by atoms with Crippen LogP contribution in [0.1, 0.15) is 12.5 Å². The number of aryl methyl sites for hydroxylation is 1. The van der Waals surface area contributed by atoms with Gasteiger partial charge >= 0.3 is 0 Å². The van der Waals surface area contributed by atoms with Gasteiger partial charge in [-0.3, -0.25) is 0 Å². The Bertz CT molecular complexity index is 677. The van der Waals surface area contributed by atoms with Crippen molar-refractivity contribution < 1.29 is 8.42 Å². The van der Waals surface area contributed by atoms with Crippen LogP contribution in [0.2, 0.25) is 0 Å². The summed E-state index contributed by atoms with van der Waals surface area (Å²) < 4.78 is 28.0. The fourth-order valence-electron chi connectivity index (χ4n) is 1.85. The van der Waals surface area contributed by atoms with E-state index in [0.717, 1.165) is 5.56 Å². The van der Waals surface area contributed by atoms with Gasteiger partial charge in [-0.2, -0.15) is 4.31 Å². The van der Waals surface area contributed by atoms with E-state index in [9.17, 15) is 8.42 Å². The molecule has 0 aliphatic carbocycles. The van der Waals surface area contributed by atoms with Gasteiger partial charge in [-0.05, 0) is 17.7 Å². The molecule has 0 radical (unpaired) electrons. The van der Waals surface area contributed by atoms with Crippen LogP contribution in [-0.2, 0) is 23.6 Å². The molecule has 108 valence electrons. The minimum atomic E-state index is -3.57. The Morgan fingerprint density at radius 1 is 1.30 bits per heavy atom. The second-order valence-corrected chi connectivity index (χ2v) is 6.43. The van der Waals surface area contributed by atoms with Crippen molar-refractivity contribution in [2.75, 3.05) is 12.3 Å². The molecule has 0 fully saturated rings. The maximum Gasteiger partial charge on any atom is 0.262 e. The highest BCUT2D eigenvalue weighted by molar-refractivity contribution is 7.89. The number of hydrogen-bond donors (Lipinski definition) is 1. The summed E-state index contributed by atoms with van der Waals surface area (Å²) in [6, 6.07) is 7.17. The maximum absolute atomic E-state index is 12.5. The van der Waals surface area contributed by atoms with E-state index in [1.807, 2.05) is 12.1 Å². The fourth-order valence-corrected chi connectivity index (χ4v) is 3.25. The number of sulfonamides is 1. The van der Waals surface area contributed by atoms with Crippen LogP contribution in [-0.4, -0.2) is 28.8 Å². The highest BCUT2D eigenvalue weighted by Gasteiger charge is 2.25. The van der Waals surface area contributed by atoms with Gasteiger partial charge in [0.25, 0.3) is 10.0 Å². The fraction of sp³-hybridized carbons (Fsp3) is 0.308. The van der Waals surface area contributed by atoms with Crippen molar-refractivity contribution in [3.63, 3.8) is 0 Å². The topological polar surface area (TPSA) is 81.2 Å². The molecule has 2 N–H and O–H groups in total. The molecular formula is C13H18N4O2S. The lowest BCUT2D eigenvalue weighted by atomic mass is 10.2. The minimum Gasteiger partial charge on any atom is -0.399 e. The number of benzene rings is 1. The molecular weight excluding hydrogens is 276 g/mol. The lowest BCUT2D eigenvalue weighted by molar-refractivity contribution is 0.421. The Hall–Kier alpha value is -1.86. The first kappa shape index (κ1) is 14.5. The van der Waals surface area contributed by atoms with Crippen LogP contribution in [0.25, 0.3) is 0 Å². The monoisotopic (exact) mass is 294 g/mol. The Kier molecular flexibility index (Phi) is 4.10. The summed E-state index contributed by atoms with van der Waals surface area (Å²) in [4.78, 5) is 3.93. The predicted molar refractivity (Wildman–Crippen MR) is 77.3 cm³/mol. The molecule has 0 bridgehead atoms. The van der Waals surface area contributed by atoms with Crippen molar-refractivity contribution in [2.45, 2.75) is 18.5 Å². The zero-order valence-corrected chi connectivity index (χ0v) is 12.3. The first-order valence-corrected chi connectivity index (χ1v) is 7.70. The van der Waals surface area contributed by atoms with Crippen molar-refractivity contribution in [1.29, 1.82) is 0 Å². The van der Waals surface area contributed by atoms with E-state index in [1.165, 1.54) is 16.8 Å². The molecule has 1 aromatic carbocycles. The van der Waals surface area contributed by atoms with Crippen molar-refractivity contribution in [3.05, 3.63) is 42.4 Å². The number of nitrogens with two attached hydrogens (primary N) is 1. The molecule has 0 aliphatic heterocycles. The summed E-state index contributed by atoms with van der Waals surface area (Å²) in [6.45, 7) is 2.48. The van der Waals surface area contributed by atoms with Gasteiger partial charge in [0.1, 0.15) is 0 Å². The first-order valence-electron chi connectivity index (χ1n) is 6.26. The number of imidazole rings is 1. The third kappa shape index (κ3) is 3.00. The van der Waals surface area contributed by atoms with Crippen molar-refractivity contribution >= 4 is 15.7 Å². The number of nitrogen functional groups attached to an aromatic ring is 1. The SMILES string of the molecule is CCN(Cc1ccc(N)cc1)S(=O)(=O)c1cn(C)cn1. The van der Waals surface area contributed by atoms with E-state index in [2.05, 4.69) is 4.98 Å². The van der Waals surface area contributed by atoms with Crippen LogP contribution in [0, 0.1) is 0 Å². The summed E-state index contributed by atoms with van der Waals surface area (Å²) in [6.07, 6.45) is 2.98. The van der Waals surface area contributed by atoms with E-state index in [4.69, 9.17) is 5.73 Å². The molecule has 0 saturated carbocycles. The number of nitrogens with zero attached hydrogens (tertiary/aromatic N) is 3. The summed E-state index contributed by atoms with van der Waals surface area (Å²) >= 11 is 0. The molecule has 20 heavy (non-hydrogen) atoms. The van der Waals surface area contributed by atoms with Crippen molar-refractivity contribution in [3.8, 4) is 0 Å². The smallest absolute Gasteiger partial charge is 0.262 e. The Morgan fingerprint density at radius 3 is 2.45 bits per heavy atom. The second kappa shape index (κ2) is 5.64. The summed E-state index contributed by atoms with van der Waals surface area (Å²) in [5.74, 6) is 0. The summed E-state index contributed by atoms with van der Waals surface area (Å²) in [7, 11) is -1.83. The third-order valence-corrected chi connectivity index (χ3v) is 4.78. The number of hydrogen-bond acceptors (Lipinski definition) is 4. The van der Waals surface area contributed by atoms with Crippen LogP contribution in [0.3, 0.4) is 0 Å². The van der Waals surface area contributed by atoms with Crippen LogP contribution >= 0.6 is 0 Å². The molecule has 0 saturated heterocycles. The standard InChI is InChI=1S/C13H18N4O2S/c1-3-17(8-11-4-6-12(14)7-5-11)20(18,19)13-9-16(2)10-15-13/h4-7,9-10H,3,8,14H2,1-2H3. The van der Waals surface area contributed by atoms with Crippen LogP contribution in [0.5, 0.6) is 0 Å². The normalized spacial score (nSPS) is 11.9. The summed E-state index contributed by atoms with van der Waals surface area (Å²) in [5, 5.41) is 0.0669. The van der Waals surface area contributed by atoms with Gasteiger partial charge in [0.05, 0.1) is 6.33 Å². The van der Waals surface area contributed by atoms with Gasteiger partial charge in [0.2, 0.25) is 0 Å². The molecule has 7 heteroatoms. The van der Waals surface area contributed by atoms with E-state index in [1.54, 1.807) is 30.7 Å². The van der Waals surface area contributed by atoms with Crippen LogP contribution < -0.4 is 5.73 Å². The lowest BCUT2D eigenvalue weighted by Gasteiger charge is -2.19. The maximum atomic E-state index is 12.5. The molecule has 2 rings (SSSR count). The van der Waals surface area contributed by atoms with Gasteiger partial charge in [-0.25, -0.2) is 13.4 Å². The molecule has 1 aromatic heterocycles. The van der Waals surface area contributed by atoms with Crippen LogP contribution in [0.15, 0.2) is 41.8 Å². The van der Waals surface area contributed by atoms with Gasteiger partial charge in [-0.1, -0.05) is 19.1 Å². The Balaban J connectivity index is 2.25. The van der Waals surface area contributed by atoms with Crippen LogP contribution in [0.4, 0.5) is 5.69 Å². The van der Waals surface area contributed by atoms with Gasteiger partial charge in [0, 0.05) is 32.0 Å². The van der Waals surface area contributed by atoms with Gasteiger partial charge < -0.3 is 10.3 Å². The number of aromatic nitrogens is 2. The van der Waals surface area contributed by atoms with E-state index >= 15 is 0 Å². The van der Waals surface area contributed by atoms with Gasteiger partial charge in [0.15, 0.2) is 5.03 Å². The molecule has 0 atom stereocenters. The highest BCUT2D eigenvalue weighted by Crippen LogP contribution is 2.17. The molecule has 1 heterocycles. The average Bonchev–Trinajstić information content (AvgIpc) is 2.85. The van der Waals surface area contributed by atoms with E-state index in [0.29, 0.717) is 18.8 Å². The zero-order valence-electron chi connectivity index (χ0n) is 11.5. The molecule has 0 spiro atoms. The number of anilines is 1. The van der Waals surface area contributed by atoms with E-state index < -0.39 is 10.0 Å². The quantitative estimate of drug-likeness (QED) is 0.841. The Morgan fingerprint density at radius 2 is 1.95 bits per heavy atom. The predicted octanol–water partition coefficient (Wildman–Crippen LogP) is 1.21. The highest BCUT2D eigenvalue weighted by atomic mass is 32.2. The molecule has 6 nitrogen and oxygen atoms in total. The number of rotatable bonds is 5. The lowest BCUT2D eigenvalue weighted by Crippen LogP contribution is -2.30. The summed E-state index contributed by atoms with van der Waals surface area (Å²) in [5.41, 5.74) is 7.17. The van der Waals surface area contributed by atoms with Crippen molar-refractivity contribution in [2.24, 2.45) is 7.05 Å².